The second-order valence-corrected chi connectivity index (χ2v) is 9.53. The predicted octanol–water partition coefficient (Wildman–Crippen LogP) is 3.79. The molecule has 0 aromatic heterocycles. The van der Waals surface area contributed by atoms with Crippen LogP contribution in [0.1, 0.15) is 29.6 Å². The smallest absolute Gasteiger partial charge is 0.255 e. The van der Waals surface area contributed by atoms with Crippen LogP contribution in [0.25, 0.3) is 0 Å². The van der Waals surface area contributed by atoms with Crippen molar-refractivity contribution in [2.75, 3.05) is 25.0 Å². The van der Waals surface area contributed by atoms with Gasteiger partial charge in [-0.3, -0.25) is 4.79 Å². The number of nitrogens with zero attached hydrogens (tertiary/aromatic N) is 1. The lowest BCUT2D eigenvalue weighted by Crippen LogP contribution is -2.38. The molecule has 1 fully saturated rings. The van der Waals surface area contributed by atoms with Gasteiger partial charge in [-0.05, 0) is 43.4 Å². The van der Waals surface area contributed by atoms with Gasteiger partial charge in [-0.25, -0.2) is 21.6 Å². The van der Waals surface area contributed by atoms with Gasteiger partial charge in [0.25, 0.3) is 5.91 Å². The van der Waals surface area contributed by atoms with Crippen LogP contribution >= 0.6 is 11.6 Å². The maximum Gasteiger partial charge on any atom is 0.255 e. The fourth-order valence-electron chi connectivity index (χ4n) is 3.43. The number of benzene rings is 2. The second kappa shape index (κ2) is 9.56. The number of nitrogens with one attached hydrogen (secondary N) is 1. The number of anilines is 1. The molecule has 1 aliphatic rings. The summed E-state index contributed by atoms with van der Waals surface area (Å²) in [7, 11) is -3.99. The van der Waals surface area contributed by atoms with E-state index >= 15 is 0 Å². The minimum Gasteiger partial charge on any atom is -0.396 e. The van der Waals surface area contributed by atoms with Crippen molar-refractivity contribution >= 4 is 33.2 Å². The highest BCUT2D eigenvalue weighted by molar-refractivity contribution is 7.89. The van der Waals surface area contributed by atoms with Gasteiger partial charge < -0.3 is 10.4 Å². The van der Waals surface area contributed by atoms with E-state index in [1.807, 2.05) is 0 Å². The first kappa shape index (κ1) is 23.5. The number of aliphatic hydroxyl groups is 1. The number of rotatable bonds is 6. The Bertz CT molecular complexity index is 1070. The molecule has 2 aromatic rings. The van der Waals surface area contributed by atoms with E-state index in [9.17, 15) is 26.4 Å². The number of carbonyl (C=O) groups excluding carboxylic acids is 1. The second-order valence-electron chi connectivity index (χ2n) is 7.21. The zero-order valence-corrected chi connectivity index (χ0v) is 17.8. The highest BCUT2D eigenvalue weighted by Crippen LogP contribution is 2.30. The van der Waals surface area contributed by atoms with Crippen LogP contribution in [0.4, 0.5) is 18.9 Å². The quantitative estimate of drug-likeness (QED) is 0.621. The van der Waals surface area contributed by atoms with Crippen LogP contribution < -0.4 is 5.32 Å². The van der Waals surface area contributed by atoms with Crippen LogP contribution in [-0.4, -0.2) is 43.4 Å². The minimum atomic E-state index is -3.99. The Labute approximate surface area is 182 Å². The van der Waals surface area contributed by atoms with E-state index in [4.69, 9.17) is 16.7 Å². The Hall–Kier alpha value is -2.14. The summed E-state index contributed by atoms with van der Waals surface area (Å²) in [4.78, 5) is 12.2. The first-order chi connectivity index (χ1) is 14.6. The summed E-state index contributed by atoms with van der Waals surface area (Å²) in [6, 6.07) is 4.82. The molecule has 2 aromatic carbocycles. The van der Waals surface area contributed by atoms with Gasteiger partial charge >= 0.3 is 0 Å². The maximum atomic E-state index is 13.4. The normalized spacial score (nSPS) is 15.8. The number of carbonyl (C=O) groups is 1. The lowest BCUT2D eigenvalue weighted by molar-refractivity contribution is 0.102. The van der Waals surface area contributed by atoms with Gasteiger partial charge in [-0.2, -0.15) is 4.31 Å². The minimum absolute atomic E-state index is 0.0439. The summed E-state index contributed by atoms with van der Waals surface area (Å²) in [6.07, 6.45) is 1.80. The number of hydrogen-bond donors (Lipinski definition) is 2. The van der Waals surface area contributed by atoms with Crippen molar-refractivity contribution in [1.82, 2.24) is 4.31 Å². The predicted molar refractivity (Wildman–Crippen MR) is 109 cm³/mol. The fourth-order valence-corrected chi connectivity index (χ4v) is 5.40. The van der Waals surface area contributed by atoms with E-state index in [1.54, 1.807) is 0 Å². The van der Waals surface area contributed by atoms with Gasteiger partial charge in [0.15, 0.2) is 17.5 Å². The molecule has 1 saturated heterocycles. The Morgan fingerprint density at radius 3 is 2.32 bits per heavy atom. The molecule has 1 heterocycles. The fraction of sp³-hybridized carbons (Fsp3) is 0.350. The first-order valence-electron chi connectivity index (χ1n) is 9.50. The summed E-state index contributed by atoms with van der Waals surface area (Å²) in [5, 5.41) is 11.2. The summed E-state index contributed by atoms with van der Waals surface area (Å²) < 4.78 is 67.2. The molecule has 3 rings (SSSR count). The lowest BCUT2D eigenvalue weighted by atomic mass is 9.95. The van der Waals surface area contributed by atoms with Crippen LogP contribution in [-0.2, 0) is 10.0 Å². The van der Waals surface area contributed by atoms with Crippen molar-refractivity contribution in [2.24, 2.45) is 5.92 Å². The van der Waals surface area contributed by atoms with Gasteiger partial charge in [-0.15, -0.1) is 0 Å². The molecule has 168 valence electrons. The summed E-state index contributed by atoms with van der Waals surface area (Å²) >= 11 is 6.09. The SMILES string of the molecule is O=C(Nc1cc(F)c(F)c(F)c1)c1ccc(Cl)c(S(=O)(=O)N2CCC(CCO)CC2)c1. The average molecular weight is 477 g/mol. The number of hydrogen-bond acceptors (Lipinski definition) is 4. The standard InChI is InChI=1S/C20H20ClF3N2O4S/c21-15-2-1-13(20(28)25-14-10-16(22)19(24)17(23)11-14)9-18(15)31(29,30)26-6-3-12(4-7-26)5-8-27/h1-2,9-12,27H,3-8H2,(H,25,28). The number of aliphatic hydroxyl groups excluding tert-OH is 1. The molecule has 0 radical (unpaired) electrons. The summed E-state index contributed by atoms with van der Waals surface area (Å²) in [6.45, 7) is 0.560. The van der Waals surface area contributed by atoms with Gasteiger partial charge in [-0.1, -0.05) is 11.6 Å². The topological polar surface area (TPSA) is 86.7 Å². The zero-order valence-electron chi connectivity index (χ0n) is 16.2. The summed E-state index contributed by atoms with van der Waals surface area (Å²) in [5.74, 6) is -5.22. The van der Waals surface area contributed by atoms with Crippen molar-refractivity contribution in [3.63, 3.8) is 0 Å². The van der Waals surface area contributed by atoms with E-state index in [-0.39, 0.29) is 46.8 Å². The Morgan fingerprint density at radius 1 is 1.13 bits per heavy atom. The average Bonchev–Trinajstić information content (AvgIpc) is 2.72. The molecule has 6 nitrogen and oxygen atoms in total. The number of amides is 1. The molecule has 0 aliphatic carbocycles. The highest BCUT2D eigenvalue weighted by atomic mass is 35.5. The van der Waals surface area contributed by atoms with Gasteiger partial charge in [0, 0.05) is 43.1 Å². The number of halogens is 4. The van der Waals surface area contributed by atoms with Crippen LogP contribution in [0.5, 0.6) is 0 Å². The monoisotopic (exact) mass is 476 g/mol. The van der Waals surface area contributed by atoms with E-state index in [0.29, 0.717) is 31.4 Å². The van der Waals surface area contributed by atoms with Gasteiger partial charge in [0.1, 0.15) is 4.90 Å². The van der Waals surface area contributed by atoms with Crippen LogP contribution in [0, 0.1) is 23.4 Å². The largest absolute Gasteiger partial charge is 0.396 e. The van der Waals surface area contributed by atoms with Crippen molar-refractivity contribution in [3.8, 4) is 0 Å². The third kappa shape index (κ3) is 5.20. The van der Waals surface area contributed by atoms with Crippen molar-refractivity contribution in [2.45, 2.75) is 24.2 Å². The molecule has 0 spiro atoms. The van der Waals surface area contributed by atoms with Crippen LogP contribution in [0.3, 0.4) is 0 Å². The van der Waals surface area contributed by atoms with E-state index in [1.165, 1.54) is 16.4 Å². The zero-order chi connectivity index (χ0) is 22.8. The molecule has 2 N–H and O–H groups in total. The molecule has 1 aliphatic heterocycles. The third-order valence-corrected chi connectivity index (χ3v) is 7.54. The molecule has 0 unspecified atom stereocenters. The molecule has 0 atom stereocenters. The van der Waals surface area contributed by atoms with Crippen molar-refractivity contribution in [3.05, 3.63) is 58.4 Å². The van der Waals surface area contributed by atoms with Crippen molar-refractivity contribution < 1.29 is 31.5 Å². The Balaban J connectivity index is 1.82. The van der Waals surface area contributed by atoms with E-state index < -0.39 is 33.4 Å². The molecular weight excluding hydrogens is 457 g/mol. The third-order valence-electron chi connectivity index (χ3n) is 5.16. The molecular formula is C20H20ClF3N2O4S. The van der Waals surface area contributed by atoms with Gasteiger partial charge in [0.2, 0.25) is 10.0 Å². The first-order valence-corrected chi connectivity index (χ1v) is 11.3. The molecule has 1 amide bonds. The maximum absolute atomic E-state index is 13.4. The summed E-state index contributed by atoms with van der Waals surface area (Å²) in [5.41, 5.74) is -0.435. The number of sulfonamides is 1. The highest BCUT2D eigenvalue weighted by Gasteiger charge is 2.31. The molecule has 31 heavy (non-hydrogen) atoms. The van der Waals surface area contributed by atoms with Crippen LogP contribution in [0.15, 0.2) is 35.2 Å². The van der Waals surface area contributed by atoms with E-state index in [2.05, 4.69) is 5.32 Å². The van der Waals surface area contributed by atoms with Gasteiger partial charge in [0.05, 0.1) is 5.02 Å². The number of piperidine rings is 1. The lowest BCUT2D eigenvalue weighted by Gasteiger charge is -2.31. The Kier molecular flexibility index (Phi) is 7.25. The van der Waals surface area contributed by atoms with Crippen LogP contribution in [0.2, 0.25) is 5.02 Å². The molecule has 11 heteroatoms. The van der Waals surface area contributed by atoms with Crippen molar-refractivity contribution in [1.29, 1.82) is 0 Å². The Morgan fingerprint density at radius 2 is 1.74 bits per heavy atom. The van der Waals surface area contributed by atoms with E-state index in [0.717, 1.165) is 6.07 Å². The molecule has 0 saturated carbocycles. The molecule has 0 bridgehead atoms.